The van der Waals surface area contributed by atoms with Crippen LogP contribution in [0.2, 0.25) is 0 Å². The molecule has 0 aliphatic rings. The van der Waals surface area contributed by atoms with Gasteiger partial charge < -0.3 is 24.6 Å². The van der Waals surface area contributed by atoms with Crippen molar-refractivity contribution < 1.29 is 19.3 Å². The van der Waals surface area contributed by atoms with Crippen LogP contribution in [0.15, 0.2) is 18.2 Å². The van der Waals surface area contributed by atoms with Crippen LogP contribution < -0.4 is 10.1 Å². The van der Waals surface area contributed by atoms with E-state index in [0.717, 1.165) is 16.9 Å². The van der Waals surface area contributed by atoms with E-state index in [1.165, 1.54) is 0 Å². The zero-order chi connectivity index (χ0) is 15.7. The molecule has 1 aromatic carbocycles. The van der Waals surface area contributed by atoms with Gasteiger partial charge in [-0.1, -0.05) is 12.1 Å². The van der Waals surface area contributed by atoms with Crippen molar-refractivity contribution in [2.45, 2.75) is 26.0 Å². The molecule has 5 heteroatoms. The van der Waals surface area contributed by atoms with Crippen molar-refractivity contribution in [3.63, 3.8) is 0 Å². The topological polar surface area (TPSA) is 60.0 Å². The highest BCUT2D eigenvalue weighted by molar-refractivity contribution is 5.39. The van der Waals surface area contributed by atoms with Gasteiger partial charge in [-0.05, 0) is 32.5 Å². The first kappa shape index (κ1) is 17.9. The van der Waals surface area contributed by atoms with Gasteiger partial charge in [-0.3, -0.25) is 0 Å². The lowest BCUT2D eigenvalue weighted by Crippen LogP contribution is -2.25. The Hall–Kier alpha value is -1.14. The van der Waals surface area contributed by atoms with Crippen molar-refractivity contribution in [1.82, 2.24) is 5.32 Å². The van der Waals surface area contributed by atoms with Crippen LogP contribution >= 0.6 is 0 Å². The maximum atomic E-state index is 9.86. The van der Waals surface area contributed by atoms with E-state index < -0.39 is 6.10 Å². The first-order valence-corrected chi connectivity index (χ1v) is 7.23. The van der Waals surface area contributed by atoms with Gasteiger partial charge in [-0.25, -0.2) is 0 Å². The number of benzene rings is 1. The van der Waals surface area contributed by atoms with E-state index in [4.69, 9.17) is 14.2 Å². The summed E-state index contributed by atoms with van der Waals surface area (Å²) in [6.07, 6.45) is -0.653. The number of aliphatic hydroxyl groups excluding tert-OH is 1. The third-order valence-corrected chi connectivity index (χ3v) is 3.24. The van der Waals surface area contributed by atoms with E-state index in [2.05, 4.69) is 18.3 Å². The van der Waals surface area contributed by atoms with Crippen LogP contribution in [0.3, 0.4) is 0 Å². The Morgan fingerprint density at radius 3 is 2.67 bits per heavy atom. The fraction of sp³-hybridized carbons (Fsp3) is 0.625. The number of methoxy groups -OCH3 is 1. The molecule has 1 rings (SSSR count). The number of hydrogen-bond donors (Lipinski definition) is 2. The van der Waals surface area contributed by atoms with Crippen LogP contribution in [-0.4, -0.2) is 51.8 Å². The van der Waals surface area contributed by atoms with Crippen molar-refractivity contribution in [1.29, 1.82) is 0 Å². The standard InChI is InChI=1S/C16H27NO4/c1-12-5-6-15(13(2)17-3)16(9-12)21-11-14(18)10-20-8-7-19-4/h5-6,9,13-14,17-18H,7-8,10-11H2,1-4H3. The summed E-state index contributed by atoms with van der Waals surface area (Å²) in [5.41, 5.74) is 2.21. The summed E-state index contributed by atoms with van der Waals surface area (Å²) in [6, 6.07) is 6.28. The molecule has 0 heterocycles. The number of ether oxygens (including phenoxy) is 3. The molecule has 2 atom stereocenters. The van der Waals surface area contributed by atoms with E-state index in [1.54, 1.807) is 7.11 Å². The first-order chi connectivity index (χ1) is 10.1. The minimum Gasteiger partial charge on any atom is -0.490 e. The third-order valence-electron chi connectivity index (χ3n) is 3.24. The molecule has 0 saturated carbocycles. The largest absolute Gasteiger partial charge is 0.490 e. The number of nitrogens with one attached hydrogen (secondary N) is 1. The van der Waals surface area contributed by atoms with Crippen LogP contribution in [0.25, 0.3) is 0 Å². The van der Waals surface area contributed by atoms with Gasteiger partial charge >= 0.3 is 0 Å². The molecular weight excluding hydrogens is 270 g/mol. The van der Waals surface area contributed by atoms with Crippen LogP contribution in [0.5, 0.6) is 5.75 Å². The average molecular weight is 297 g/mol. The molecule has 0 bridgehead atoms. The predicted octanol–water partition coefficient (Wildman–Crippen LogP) is 1.68. The van der Waals surface area contributed by atoms with Gasteiger partial charge in [0.15, 0.2) is 0 Å². The van der Waals surface area contributed by atoms with E-state index >= 15 is 0 Å². The van der Waals surface area contributed by atoms with Gasteiger partial charge in [-0.2, -0.15) is 0 Å². The molecule has 120 valence electrons. The van der Waals surface area contributed by atoms with Gasteiger partial charge in [0, 0.05) is 18.7 Å². The molecule has 5 nitrogen and oxygen atoms in total. The van der Waals surface area contributed by atoms with Crippen molar-refractivity contribution in [2.24, 2.45) is 0 Å². The minimum atomic E-state index is -0.653. The highest BCUT2D eigenvalue weighted by Crippen LogP contribution is 2.26. The molecule has 0 aliphatic carbocycles. The summed E-state index contributed by atoms with van der Waals surface area (Å²) in [7, 11) is 3.53. The molecule has 2 N–H and O–H groups in total. The molecule has 0 radical (unpaired) electrons. The highest BCUT2D eigenvalue weighted by atomic mass is 16.5. The summed E-state index contributed by atoms with van der Waals surface area (Å²) in [4.78, 5) is 0. The second-order valence-electron chi connectivity index (χ2n) is 5.08. The van der Waals surface area contributed by atoms with Crippen LogP contribution in [-0.2, 0) is 9.47 Å². The first-order valence-electron chi connectivity index (χ1n) is 7.23. The van der Waals surface area contributed by atoms with E-state index in [9.17, 15) is 5.11 Å². The van der Waals surface area contributed by atoms with Crippen molar-refractivity contribution in [2.75, 3.05) is 40.6 Å². The smallest absolute Gasteiger partial charge is 0.124 e. The molecule has 2 unspecified atom stereocenters. The normalized spacial score (nSPS) is 14.0. The molecule has 0 spiro atoms. The van der Waals surface area contributed by atoms with Gasteiger partial charge in [0.2, 0.25) is 0 Å². The summed E-state index contributed by atoms with van der Waals surface area (Å²) in [5, 5.41) is 13.1. The van der Waals surface area contributed by atoms with Crippen molar-refractivity contribution in [3.05, 3.63) is 29.3 Å². The molecule has 1 aromatic rings. The molecule has 0 fully saturated rings. The SMILES string of the molecule is CNC(C)c1ccc(C)cc1OCC(O)COCCOC. The zero-order valence-electron chi connectivity index (χ0n) is 13.4. The predicted molar refractivity (Wildman–Crippen MR) is 82.9 cm³/mol. The number of aryl methyl sites for hydroxylation is 1. The van der Waals surface area contributed by atoms with Crippen LogP contribution in [0.4, 0.5) is 0 Å². The Bertz CT molecular complexity index is 411. The molecule has 0 amide bonds. The van der Waals surface area contributed by atoms with Gasteiger partial charge in [0.25, 0.3) is 0 Å². The number of hydrogen-bond acceptors (Lipinski definition) is 5. The second-order valence-corrected chi connectivity index (χ2v) is 5.08. The molecule has 0 aromatic heterocycles. The Labute approximate surface area is 127 Å². The summed E-state index contributed by atoms with van der Waals surface area (Å²) in [5.74, 6) is 0.799. The second kappa shape index (κ2) is 9.73. The van der Waals surface area contributed by atoms with E-state index in [-0.39, 0.29) is 19.3 Å². The van der Waals surface area contributed by atoms with Gasteiger partial charge in [-0.15, -0.1) is 0 Å². The quantitative estimate of drug-likeness (QED) is 0.643. The highest BCUT2D eigenvalue weighted by Gasteiger charge is 2.12. The van der Waals surface area contributed by atoms with Crippen LogP contribution in [0, 0.1) is 6.92 Å². The summed E-state index contributed by atoms with van der Waals surface area (Å²) < 4.78 is 15.9. The Balaban J connectivity index is 2.51. The monoisotopic (exact) mass is 297 g/mol. The van der Waals surface area contributed by atoms with Crippen LogP contribution in [0.1, 0.15) is 24.1 Å². The lowest BCUT2D eigenvalue weighted by molar-refractivity contribution is -0.00437. The lowest BCUT2D eigenvalue weighted by atomic mass is 10.1. The fourth-order valence-corrected chi connectivity index (χ4v) is 1.88. The Morgan fingerprint density at radius 1 is 1.24 bits per heavy atom. The molecule has 21 heavy (non-hydrogen) atoms. The summed E-state index contributed by atoms with van der Waals surface area (Å²) >= 11 is 0. The van der Waals surface area contributed by atoms with Gasteiger partial charge in [0.05, 0.1) is 19.8 Å². The maximum absolute atomic E-state index is 9.86. The van der Waals surface area contributed by atoms with Crippen molar-refractivity contribution in [3.8, 4) is 5.75 Å². The molecule has 0 saturated heterocycles. The summed E-state index contributed by atoms with van der Waals surface area (Å²) in [6.45, 7) is 5.54. The maximum Gasteiger partial charge on any atom is 0.124 e. The third kappa shape index (κ3) is 6.44. The lowest BCUT2D eigenvalue weighted by Gasteiger charge is -2.19. The fourth-order valence-electron chi connectivity index (χ4n) is 1.88. The average Bonchev–Trinajstić information content (AvgIpc) is 2.49. The zero-order valence-corrected chi connectivity index (χ0v) is 13.4. The Kier molecular flexibility index (Phi) is 8.30. The minimum absolute atomic E-state index is 0.190. The van der Waals surface area contributed by atoms with E-state index in [0.29, 0.717) is 13.2 Å². The Morgan fingerprint density at radius 2 is 2.00 bits per heavy atom. The molecular formula is C16H27NO4. The van der Waals surface area contributed by atoms with Gasteiger partial charge in [0.1, 0.15) is 18.5 Å². The number of aliphatic hydroxyl groups is 1. The van der Waals surface area contributed by atoms with Crippen molar-refractivity contribution >= 4 is 0 Å². The molecule has 0 aliphatic heterocycles. The van der Waals surface area contributed by atoms with E-state index in [1.807, 2.05) is 26.1 Å². The number of rotatable bonds is 10.